The molecule has 0 unspecified atom stereocenters. The van der Waals surface area contributed by atoms with Crippen molar-refractivity contribution >= 4 is 22.8 Å². The first-order chi connectivity index (χ1) is 12.5. The molecule has 0 radical (unpaired) electrons. The number of benzene rings is 1. The van der Waals surface area contributed by atoms with E-state index < -0.39 is 11.6 Å². The van der Waals surface area contributed by atoms with Crippen molar-refractivity contribution in [2.45, 2.75) is 37.6 Å². The monoisotopic (exact) mass is 358 g/mol. The molecule has 1 aromatic carbocycles. The van der Waals surface area contributed by atoms with Gasteiger partial charge in [0.15, 0.2) is 17.3 Å². The summed E-state index contributed by atoms with van der Waals surface area (Å²) in [5.41, 5.74) is 13.8. The van der Waals surface area contributed by atoms with Gasteiger partial charge in [-0.3, -0.25) is 0 Å². The van der Waals surface area contributed by atoms with E-state index in [0.717, 1.165) is 37.4 Å². The summed E-state index contributed by atoms with van der Waals surface area (Å²) in [7, 11) is 0. The lowest BCUT2D eigenvalue weighted by atomic mass is 9.85. The highest BCUT2D eigenvalue weighted by Gasteiger charge is 2.23. The van der Waals surface area contributed by atoms with Crippen LogP contribution in [0.5, 0.6) is 0 Å². The highest BCUT2D eigenvalue weighted by atomic mass is 19.2. The Morgan fingerprint density at radius 2 is 1.88 bits per heavy atom. The fraction of sp³-hybridized carbons (Fsp3) is 0.333. The van der Waals surface area contributed by atoms with Gasteiger partial charge in [0.1, 0.15) is 5.82 Å². The predicted octanol–water partition coefficient (Wildman–Crippen LogP) is 3.32. The summed E-state index contributed by atoms with van der Waals surface area (Å²) < 4.78 is 29.0. The van der Waals surface area contributed by atoms with Gasteiger partial charge in [-0.1, -0.05) is 6.07 Å². The molecule has 6 nitrogen and oxygen atoms in total. The smallest absolute Gasteiger partial charge is 0.182 e. The number of halogens is 2. The van der Waals surface area contributed by atoms with Gasteiger partial charge in [-0.25, -0.2) is 18.3 Å². The highest BCUT2D eigenvalue weighted by molar-refractivity contribution is 5.75. The maximum atomic E-state index is 14.0. The van der Waals surface area contributed by atoms with E-state index in [1.165, 1.54) is 12.1 Å². The van der Waals surface area contributed by atoms with E-state index in [4.69, 9.17) is 11.5 Å². The summed E-state index contributed by atoms with van der Waals surface area (Å²) in [6.07, 6.45) is 5.73. The molecular weight excluding hydrogens is 338 g/mol. The van der Waals surface area contributed by atoms with E-state index in [1.807, 2.05) is 6.20 Å². The van der Waals surface area contributed by atoms with E-state index in [2.05, 4.69) is 15.4 Å². The Kier molecular flexibility index (Phi) is 4.20. The Morgan fingerprint density at radius 1 is 1.12 bits per heavy atom. The third-order valence-electron chi connectivity index (χ3n) is 4.87. The maximum absolute atomic E-state index is 14.0. The second-order valence-corrected chi connectivity index (χ2v) is 6.75. The molecule has 0 saturated heterocycles. The molecule has 1 saturated carbocycles. The zero-order chi connectivity index (χ0) is 18.3. The Balaban J connectivity index is 1.71. The molecule has 3 aromatic rings. The van der Waals surface area contributed by atoms with Crippen LogP contribution in [0.1, 0.15) is 37.3 Å². The van der Waals surface area contributed by atoms with Crippen LogP contribution in [0.2, 0.25) is 0 Å². The van der Waals surface area contributed by atoms with E-state index in [9.17, 15) is 8.78 Å². The quantitative estimate of drug-likeness (QED) is 0.668. The van der Waals surface area contributed by atoms with Gasteiger partial charge in [0.05, 0.1) is 23.3 Å². The predicted molar refractivity (Wildman–Crippen MR) is 96.2 cm³/mol. The molecule has 2 heterocycles. The largest absolute Gasteiger partial charge is 0.382 e. The topological polar surface area (TPSA) is 94.3 Å². The fourth-order valence-electron chi connectivity index (χ4n) is 3.46. The molecular formula is C18H20F2N6. The van der Waals surface area contributed by atoms with Crippen LogP contribution in [0.3, 0.4) is 0 Å². The summed E-state index contributed by atoms with van der Waals surface area (Å²) >= 11 is 0. The van der Waals surface area contributed by atoms with Crippen LogP contribution < -0.4 is 16.8 Å². The molecule has 0 aliphatic heterocycles. The van der Waals surface area contributed by atoms with Crippen LogP contribution in [0.4, 0.5) is 26.0 Å². The molecule has 0 atom stereocenters. The molecule has 0 bridgehead atoms. The number of hydrogen-bond acceptors (Lipinski definition) is 5. The molecule has 1 fully saturated rings. The van der Waals surface area contributed by atoms with Crippen molar-refractivity contribution in [3.8, 4) is 0 Å². The fourth-order valence-corrected chi connectivity index (χ4v) is 3.46. The number of rotatable bonds is 3. The molecule has 4 rings (SSSR count). The average Bonchev–Trinajstić information content (AvgIpc) is 3.03. The zero-order valence-electron chi connectivity index (χ0n) is 14.1. The number of nitrogens with zero attached hydrogens (tertiary/aromatic N) is 3. The molecule has 2 aromatic heterocycles. The van der Waals surface area contributed by atoms with Crippen molar-refractivity contribution in [1.29, 1.82) is 0 Å². The van der Waals surface area contributed by atoms with Crippen molar-refractivity contribution in [2.24, 2.45) is 5.73 Å². The Bertz CT molecular complexity index is 946. The van der Waals surface area contributed by atoms with Gasteiger partial charge in [0.25, 0.3) is 0 Å². The SMILES string of the molecule is Nc1cc(Nc2cccc(F)c2F)c2nc([C@H]3CC[C@H](N)CC3)cn2n1. The molecule has 1 aliphatic carbocycles. The third kappa shape index (κ3) is 3.08. The lowest BCUT2D eigenvalue weighted by Gasteiger charge is -2.24. The molecule has 136 valence electrons. The third-order valence-corrected chi connectivity index (χ3v) is 4.87. The van der Waals surface area contributed by atoms with Crippen LogP contribution in [0.25, 0.3) is 5.65 Å². The van der Waals surface area contributed by atoms with Gasteiger partial charge in [-0.2, -0.15) is 0 Å². The number of fused-ring (bicyclic) bond motifs is 1. The normalized spacial score (nSPS) is 20.4. The molecule has 5 N–H and O–H groups in total. The van der Waals surface area contributed by atoms with E-state index >= 15 is 0 Å². The zero-order valence-corrected chi connectivity index (χ0v) is 14.1. The van der Waals surface area contributed by atoms with E-state index in [0.29, 0.717) is 17.3 Å². The summed E-state index contributed by atoms with van der Waals surface area (Å²) in [4.78, 5) is 4.68. The van der Waals surface area contributed by atoms with Crippen molar-refractivity contribution < 1.29 is 8.78 Å². The van der Waals surface area contributed by atoms with E-state index in [-0.39, 0.29) is 17.5 Å². The van der Waals surface area contributed by atoms with Crippen LogP contribution in [-0.2, 0) is 0 Å². The van der Waals surface area contributed by atoms with Gasteiger partial charge < -0.3 is 16.8 Å². The summed E-state index contributed by atoms with van der Waals surface area (Å²) in [5, 5.41) is 7.13. The first kappa shape index (κ1) is 16.7. The number of nitrogen functional groups attached to an aromatic ring is 1. The number of imidazole rings is 1. The summed E-state index contributed by atoms with van der Waals surface area (Å²) in [6, 6.07) is 5.78. The van der Waals surface area contributed by atoms with Crippen molar-refractivity contribution in [3.63, 3.8) is 0 Å². The Labute approximate surface area is 149 Å². The standard InChI is InChI=1S/C18H20F2N6/c19-12-2-1-3-13(17(12)20)23-14-8-16(22)25-26-9-15(24-18(14)26)10-4-6-11(21)7-5-10/h1-3,8-11,23H,4-7,21H2,(H2,22,25)/t10-,11-. The highest BCUT2D eigenvalue weighted by Crippen LogP contribution is 2.33. The Morgan fingerprint density at radius 3 is 2.65 bits per heavy atom. The van der Waals surface area contributed by atoms with Crippen molar-refractivity contribution in [2.75, 3.05) is 11.1 Å². The van der Waals surface area contributed by atoms with Gasteiger partial charge in [-0.15, -0.1) is 5.10 Å². The molecule has 26 heavy (non-hydrogen) atoms. The van der Waals surface area contributed by atoms with E-state index in [1.54, 1.807) is 10.6 Å². The molecule has 0 spiro atoms. The van der Waals surface area contributed by atoms with Crippen LogP contribution in [0, 0.1) is 11.6 Å². The van der Waals surface area contributed by atoms with Gasteiger partial charge >= 0.3 is 0 Å². The number of hydrogen-bond donors (Lipinski definition) is 3. The minimum Gasteiger partial charge on any atom is -0.382 e. The first-order valence-corrected chi connectivity index (χ1v) is 8.63. The van der Waals surface area contributed by atoms with Gasteiger partial charge in [0.2, 0.25) is 0 Å². The van der Waals surface area contributed by atoms with Crippen LogP contribution in [0.15, 0.2) is 30.5 Å². The average molecular weight is 358 g/mol. The van der Waals surface area contributed by atoms with Crippen molar-refractivity contribution in [1.82, 2.24) is 14.6 Å². The molecule has 0 amide bonds. The summed E-state index contributed by atoms with van der Waals surface area (Å²) in [6.45, 7) is 0. The Hall–Kier alpha value is -2.74. The number of nitrogens with one attached hydrogen (secondary N) is 1. The lowest BCUT2D eigenvalue weighted by molar-refractivity contribution is 0.391. The number of nitrogens with two attached hydrogens (primary N) is 2. The minimum atomic E-state index is -0.950. The van der Waals surface area contributed by atoms with Crippen LogP contribution in [-0.4, -0.2) is 20.6 Å². The maximum Gasteiger partial charge on any atom is 0.182 e. The van der Waals surface area contributed by atoms with Crippen molar-refractivity contribution in [3.05, 3.63) is 47.8 Å². The van der Waals surface area contributed by atoms with Gasteiger partial charge in [-0.05, 0) is 37.8 Å². The molecule has 1 aliphatic rings. The second-order valence-electron chi connectivity index (χ2n) is 6.75. The minimum absolute atomic E-state index is 0.0192. The molecule has 8 heteroatoms. The van der Waals surface area contributed by atoms with Gasteiger partial charge in [0, 0.05) is 18.0 Å². The second kappa shape index (κ2) is 6.53. The summed E-state index contributed by atoms with van der Waals surface area (Å²) in [5.74, 6) is -1.30. The lowest BCUT2D eigenvalue weighted by Crippen LogP contribution is -2.25. The number of aromatic nitrogens is 3. The number of anilines is 3. The first-order valence-electron chi connectivity index (χ1n) is 8.63. The van der Waals surface area contributed by atoms with Crippen LogP contribution >= 0.6 is 0 Å².